The molecule has 0 aliphatic carbocycles. The Balaban J connectivity index is 2.38. The van der Waals surface area contributed by atoms with Crippen molar-refractivity contribution in [3.63, 3.8) is 0 Å². The van der Waals surface area contributed by atoms with Gasteiger partial charge >= 0.3 is 0 Å². The number of piperidine rings is 1. The molecule has 110 valence electrons. The van der Waals surface area contributed by atoms with Crippen LogP contribution in [0.3, 0.4) is 0 Å². The Morgan fingerprint density at radius 3 is 2.35 bits per heavy atom. The van der Waals surface area contributed by atoms with E-state index in [4.69, 9.17) is 0 Å². The predicted octanol–water partition coefficient (Wildman–Crippen LogP) is 2.72. The summed E-state index contributed by atoms with van der Waals surface area (Å²) < 4.78 is 0. The van der Waals surface area contributed by atoms with Crippen molar-refractivity contribution in [3.05, 3.63) is 35.9 Å². The number of aliphatic hydroxyl groups excluding tert-OH is 1. The summed E-state index contributed by atoms with van der Waals surface area (Å²) in [5.41, 5.74) is 0.972. The maximum Gasteiger partial charge on any atom is 0.0889 e. The zero-order valence-corrected chi connectivity index (χ0v) is 12.6. The van der Waals surface area contributed by atoms with Crippen molar-refractivity contribution in [3.8, 4) is 0 Å². The molecule has 1 aromatic rings. The topological polar surface area (TPSA) is 64.9 Å². The van der Waals surface area contributed by atoms with Crippen LogP contribution in [0.5, 0.6) is 0 Å². The van der Waals surface area contributed by atoms with Crippen molar-refractivity contribution in [2.24, 2.45) is 11.1 Å². The largest absolute Gasteiger partial charge is 0.411 e. The van der Waals surface area contributed by atoms with Crippen LogP contribution >= 0.6 is 0 Å². The highest BCUT2D eigenvalue weighted by Gasteiger charge is 2.47. The van der Waals surface area contributed by atoms with Crippen LogP contribution < -0.4 is 5.32 Å². The molecule has 20 heavy (non-hydrogen) atoms. The molecule has 4 nitrogen and oxygen atoms in total. The third kappa shape index (κ3) is 2.86. The summed E-state index contributed by atoms with van der Waals surface area (Å²) in [6, 6.07) is 9.53. The smallest absolute Gasteiger partial charge is 0.0889 e. The van der Waals surface area contributed by atoms with E-state index in [0.29, 0.717) is 12.1 Å². The molecule has 0 spiro atoms. The van der Waals surface area contributed by atoms with Gasteiger partial charge in [-0.1, -0.05) is 35.5 Å². The minimum atomic E-state index is -0.694. The first kappa shape index (κ1) is 15.0. The third-order valence-electron chi connectivity index (χ3n) is 4.01. The lowest BCUT2D eigenvalue weighted by atomic mass is 9.69. The van der Waals surface area contributed by atoms with Gasteiger partial charge in [0.2, 0.25) is 0 Å². The van der Waals surface area contributed by atoms with E-state index in [2.05, 4.69) is 24.3 Å². The second-order valence-electron chi connectivity index (χ2n) is 6.83. The fraction of sp³-hybridized carbons (Fsp3) is 0.562. The Hall–Kier alpha value is -1.39. The van der Waals surface area contributed by atoms with Gasteiger partial charge in [0.25, 0.3) is 0 Å². The van der Waals surface area contributed by atoms with E-state index in [-0.39, 0.29) is 17.0 Å². The lowest BCUT2D eigenvalue weighted by Gasteiger charge is -2.49. The van der Waals surface area contributed by atoms with E-state index in [0.717, 1.165) is 5.56 Å². The molecule has 0 amide bonds. The van der Waals surface area contributed by atoms with Gasteiger partial charge in [-0.2, -0.15) is 0 Å². The maximum atomic E-state index is 10.7. The van der Waals surface area contributed by atoms with Crippen molar-refractivity contribution < 1.29 is 10.3 Å². The van der Waals surface area contributed by atoms with Crippen LogP contribution in [-0.4, -0.2) is 27.1 Å². The van der Waals surface area contributed by atoms with Gasteiger partial charge in [-0.05, 0) is 33.3 Å². The lowest BCUT2D eigenvalue weighted by molar-refractivity contribution is 0.0629. The van der Waals surface area contributed by atoms with Gasteiger partial charge in [-0.25, -0.2) is 0 Å². The quantitative estimate of drug-likeness (QED) is 0.575. The second kappa shape index (κ2) is 5.19. The standard InChI is InChI=1S/C16H24N2O2/c1-15(2)10-12(17-20)13(16(3,4)18-15)14(19)11-8-6-5-7-9-11/h5-9,13-14,18-20H,10H2,1-4H3. The molecule has 0 radical (unpaired) electrons. The van der Waals surface area contributed by atoms with E-state index >= 15 is 0 Å². The van der Waals surface area contributed by atoms with Crippen molar-refractivity contribution in [2.45, 2.75) is 51.3 Å². The van der Waals surface area contributed by atoms with Crippen LogP contribution in [0.4, 0.5) is 0 Å². The average molecular weight is 276 g/mol. The molecule has 1 aliphatic rings. The molecule has 2 atom stereocenters. The highest BCUT2D eigenvalue weighted by molar-refractivity contribution is 5.90. The van der Waals surface area contributed by atoms with Crippen LogP contribution in [0.15, 0.2) is 35.5 Å². The highest BCUT2D eigenvalue weighted by Crippen LogP contribution is 2.39. The van der Waals surface area contributed by atoms with E-state index in [1.807, 2.05) is 44.2 Å². The molecular weight excluding hydrogens is 252 g/mol. The van der Waals surface area contributed by atoms with Gasteiger partial charge in [0.15, 0.2) is 0 Å². The molecule has 1 fully saturated rings. The first-order valence-corrected chi connectivity index (χ1v) is 7.00. The van der Waals surface area contributed by atoms with Crippen LogP contribution in [0.1, 0.15) is 45.8 Å². The Bertz CT molecular complexity index is 494. The third-order valence-corrected chi connectivity index (χ3v) is 4.01. The fourth-order valence-electron chi connectivity index (χ4n) is 3.49. The van der Waals surface area contributed by atoms with Gasteiger partial charge in [0.1, 0.15) is 0 Å². The summed E-state index contributed by atoms with van der Waals surface area (Å²) >= 11 is 0. The Labute approximate surface area is 120 Å². The first-order valence-electron chi connectivity index (χ1n) is 7.00. The van der Waals surface area contributed by atoms with Crippen molar-refractivity contribution >= 4 is 5.71 Å². The number of nitrogens with one attached hydrogen (secondary N) is 1. The van der Waals surface area contributed by atoms with Crippen molar-refractivity contribution in [1.82, 2.24) is 5.32 Å². The van der Waals surface area contributed by atoms with Gasteiger partial charge in [0, 0.05) is 23.4 Å². The van der Waals surface area contributed by atoms with E-state index < -0.39 is 6.10 Å². The van der Waals surface area contributed by atoms with E-state index in [1.54, 1.807) is 0 Å². The lowest BCUT2D eigenvalue weighted by Crippen LogP contribution is -2.64. The molecule has 1 heterocycles. The molecule has 0 aromatic heterocycles. The van der Waals surface area contributed by atoms with Gasteiger partial charge in [0.05, 0.1) is 11.8 Å². The van der Waals surface area contributed by atoms with Gasteiger partial charge in [-0.3, -0.25) is 0 Å². The summed E-state index contributed by atoms with van der Waals surface area (Å²) in [4.78, 5) is 0. The number of nitrogens with zero attached hydrogens (tertiary/aromatic N) is 1. The number of oxime groups is 1. The molecule has 2 rings (SSSR count). The van der Waals surface area contributed by atoms with E-state index in [9.17, 15) is 10.3 Å². The summed E-state index contributed by atoms with van der Waals surface area (Å²) in [5, 5.41) is 27.1. The summed E-state index contributed by atoms with van der Waals surface area (Å²) in [5.74, 6) is -0.261. The van der Waals surface area contributed by atoms with Crippen LogP contribution in [0, 0.1) is 5.92 Å². The average Bonchev–Trinajstić information content (AvgIpc) is 2.36. The molecular formula is C16H24N2O2. The summed E-state index contributed by atoms with van der Waals surface area (Å²) in [6.07, 6.45) is -0.0812. The zero-order chi connectivity index (χ0) is 15.0. The summed E-state index contributed by atoms with van der Waals surface area (Å²) in [7, 11) is 0. The molecule has 1 aromatic carbocycles. The Kier molecular flexibility index (Phi) is 3.89. The molecule has 0 saturated carbocycles. The van der Waals surface area contributed by atoms with E-state index in [1.165, 1.54) is 0 Å². The molecule has 2 unspecified atom stereocenters. The summed E-state index contributed by atoms with van der Waals surface area (Å²) in [6.45, 7) is 8.22. The predicted molar refractivity (Wildman–Crippen MR) is 80.0 cm³/mol. The number of rotatable bonds is 2. The first-order chi connectivity index (χ1) is 9.27. The Morgan fingerprint density at radius 2 is 1.80 bits per heavy atom. The molecule has 1 saturated heterocycles. The number of benzene rings is 1. The van der Waals surface area contributed by atoms with Crippen LogP contribution in [0.2, 0.25) is 0 Å². The van der Waals surface area contributed by atoms with Gasteiger partial charge < -0.3 is 15.6 Å². The molecule has 3 N–H and O–H groups in total. The van der Waals surface area contributed by atoms with Crippen LogP contribution in [-0.2, 0) is 0 Å². The monoisotopic (exact) mass is 276 g/mol. The molecule has 4 heteroatoms. The number of aliphatic hydroxyl groups is 1. The maximum absolute atomic E-state index is 10.7. The Morgan fingerprint density at radius 1 is 1.20 bits per heavy atom. The van der Waals surface area contributed by atoms with Crippen molar-refractivity contribution in [1.29, 1.82) is 0 Å². The SMILES string of the molecule is CC1(C)CC(=NO)C(C(O)c2ccccc2)C(C)(C)N1. The van der Waals surface area contributed by atoms with Crippen molar-refractivity contribution in [2.75, 3.05) is 0 Å². The van der Waals surface area contributed by atoms with Crippen LogP contribution in [0.25, 0.3) is 0 Å². The minimum absolute atomic E-state index is 0.155. The molecule has 0 bridgehead atoms. The second-order valence-corrected chi connectivity index (χ2v) is 6.83. The normalized spacial score (nSPS) is 28.2. The fourth-order valence-corrected chi connectivity index (χ4v) is 3.49. The van der Waals surface area contributed by atoms with Gasteiger partial charge in [-0.15, -0.1) is 0 Å². The highest BCUT2D eigenvalue weighted by atomic mass is 16.4. The zero-order valence-electron chi connectivity index (χ0n) is 12.6. The number of hydrogen-bond donors (Lipinski definition) is 3. The number of hydrogen-bond acceptors (Lipinski definition) is 4. The minimum Gasteiger partial charge on any atom is -0.411 e. The molecule has 1 aliphatic heterocycles.